The van der Waals surface area contributed by atoms with Gasteiger partial charge in [0.05, 0.1) is 15.7 Å². The molecule has 0 aliphatic rings. The van der Waals surface area contributed by atoms with Crippen molar-refractivity contribution in [1.82, 2.24) is 15.0 Å². The first-order valence-electron chi connectivity index (χ1n) is 8.85. The second kappa shape index (κ2) is 8.27. The van der Waals surface area contributed by atoms with Crippen molar-refractivity contribution >= 4 is 50.8 Å². The van der Waals surface area contributed by atoms with Crippen LogP contribution < -0.4 is 27.7 Å². The number of hydrogen-bond acceptors (Lipinski definition) is 8. The molecule has 0 saturated heterocycles. The number of anilines is 3. The first kappa shape index (κ1) is 20.3. The van der Waals surface area contributed by atoms with E-state index in [0.717, 1.165) is 10.2 Å². The van der Waals surface area contributed by atoms with Crippen LogP contribution in [0.4, 0.5) is 17.5 Å². The average Bonchev–Trinajstić information content (AvgIpc) is 3.07. The molecule has 29 heavy (non-hydrogen) atoms. The van der Waals surface area contributed by atoms with Gasteiger partial charge in [0.15, 0.2) is 5.82 Å². The molecule has 2 heterocycles. The minimum absolute atomic E-state index is 0.00539. The molecule has 0 bridgehead atoms. The molecule has 0 fully saturated rings. The molecule has 0 saturated carbocycles. The molecular formula is C18H21N7O3S. The maximum atomic E-state index is 12.4. The number of nitrogens with two attached hydrogens (primary N) is 2. The number of hydrogen-bond donors (Lipinski definition) is 5. The Morgan fingerprint density at radius 3 is 2.69 bits per heavy atom. The number of thiazole rings is 1. The van der Waals surface area contributed by atoms with Gasteiger partial charge in [-0.3, -0.25) is 19.4 Å². The number of amides is 2. The summed E-state index contributed by atoms with van der Waals surface area (Å²) in [4.78, 5) is 46.9. The van der Waals surface area contributed by atoms with Gasteiger partial charge >= 0.3 is 0 Å². The summed E-state index contributed by atoms with van der Waals surface area (Å²) in [5.74, 6) is -1.35. The largest absolute Gasteiger partial charge is 0.368 e. The maximum Gasteiger partial charge on any atom is 0.267 e. The molecule has 0 aliphatic heterocycles. The van der Waals surface area contributed by atoms with E-state index in [9.17, 15) is 14.4 Å². The molecule has 2 aromatic heterocycles. The summed E-state index contributed by atoms with van der Waals surface area (Å²) in [6, 6.07) is 4.63. The number of H-pyrrole nitrogens is 1. The van der Waals surface area contributed by atoms with Crippen molar-refractivity contribution in [3.05, 3.63) is 39.6 Å². The van der Waals surface area contributed by atoms with E-state index in [1.54, 1.807) is 17.6 Å². The molecule has 1 aromatic carbocycles. The number of fused-ring (bicyclic) bond motifs is 1. The molecule has 10 nitrogen and oxygen atoms in total. The second-order valence-corrected chi connectivity index (χ2v) is 7.78. The Morgan fingerprint density at radius 1 is 1.28 bits per heavy atom. The molecule has 0 radical (unpaired) electrons. The lowest BCUT2D eigenvalue weighted by molar-refractivity contribution is -0.119. The summed E-state index contributed by atoms with van der Waals surface area (Å²) in [5, 5.41) is 5.78. The minimum Gasteiger partial charge on any atom is -0.368 e. The Balaban J connectivity index is 1.98. The van der Waals surface area contributed by atoms with Gasteiger partial charge in [0, 0.05) is 5.69 Å². The SMILES string of the molecule is CC(C)C[C@@H](Nc1nc(Nc2ccc3ncsc3c2)c(C(N)=O)c(=O)[nH]1)C(N)=O. The molecule has 0 spiro atoms. The van der Waals surface area contributed by atoms with Crippen LogP contribution in [0.5, 0.6) is 0 Å². The van der Waals surface area contributed by atoms with Crippen LogP contribution in [0.3, 0.4) is 0 Å². The molecule has 3 aromatic rings. The fourth-order valence-corrected chi connectivity index (χ4v) is 3.53. The predicted octanol–water partition coefficient (Wildman–Crippen LogP) is 1.53. The lowest BCUT2D eigenvalue weighted by Crippen LogP contribution is -2.38. The summed E-state index contributed by atoms with van der Waals surface area (Å²) in [7, 11) is 0. The molecule has 0 aliphatic carbocycles. The van der Waals surface area contributed by atoms with Crippen LogP contribution in [-0.2, 0) is 4.79 Å². The molecule has 7 N–H and O–H groups in total. The smallest absolute Gasteiger partial charge is 0.267 e. The Labute approximate surface area is 169 Å². The van der Waals surface area contributed by atoms with Gasteiger partial charge in [0.2, 0.25) is 11.9 Å². The number of nitrogens with zero attached hydrogens (tertiary/aromatic N) is 2. The minimum atomic E-state index is -0.930. The van der Waals surface area contributed by atoms with Crippen molar-refractivity contribution in [2.24, 2.45) is 17.4 Å². The van der Waals surface area contributed by atoms with Crippen molar-refractivity contribution < 1.29 is 9.59 Å². The lowest BCUT2D eigenvalue weighted by atomic mass is 10.0. The summed E-state index contributed by atoms with van der Waals surface area (Å²) >= 11 is 1.45. The normalized spacial score (nSPS) is 12.1. The van der Waals surface area contributed by atoms with Gasteiger partial charge in [-0.15, -0.1) is 11.3 Å². The standard InChI is InChI=1S/C18H21N7O3S/c1-8(2)5-11(14(19)26)23-18-24-16(13(15(20)27)17(28)25-18)22-9-3-4-10-12(6-9)29-7-21-10/h3-4,6-8,11H,5H2,1-2H3,(H2,19,26)(H2,20,27)(H3,22,23,24,25,28)/t11-/m1/s1. The van der Waals surface area contributed by atoms with E-state index >= 15 is 0 Å². The van der Waals surface area contributed by atoms with Gasteiger partial charge in [-0.1, -0.05) is 13.8 Å². The van der Waals surface area contributed by atoms with Crippen LogP contribution in [0.2, 0.25) is 0 Å². The number of primary amides is 2. The molecule has 152 valence electrons. The summed E-state index contributed by atoms with van der Waals surface area (Å²) in [5.41, 5.74) is 12.9. The Bertz CT molecular complexity index is 1120. The Hall–Kier alpha value is -3.47. The highest BCUT2D eigenvalue weighted by Gasteiger charge is 2.21. The highest BCUT2D eigenvalue weighted by atomic mass is 32.1. The summed E-state index contributed by atoms with van der Waals surface area (Å²) in [6.07, 6.45) is 0.446. The van der Waals surface area contributed by atoms with Crippen molar-refractivity contribution in [2.45, 2.75) is 26.3 Å². The number of aromatic amines is 1. The first-order valence-corrected chi connectivity index (χ1v) is 9.72. The Morgan fingerprint density at radius 2 is 2.03 bits per heavy atom. The monoisotopic (exact) mass is 415 g/mol. The number of rotatable bonds is 8. The zero-order chi connectivity index (χ0) is 21.1. The highest BCUT2D eigenvalue weighted by molar-refractivity contribution is 7.16. The quantitative estimate of drug-likeness (QED) is 0.371. The Kier molecular flexibility index (Phi) is 5.78. The van der Waals surface area contributed by atoms with E-state index in [0.29, 0.717) is 12.1 Å². The molecule has 2 amide bonds. The molecule has 0 unspecified atom stereocenters. The zero-order valence-corrected chi connectivity index (χ0v) is 16.7. The molecule has 11 heteroatoms. The molecule has 1 atom stereocenters. The van der Waals surface area contributed by atoms with Gasteiger partial charge in [-0.25, -0.2) is 4.98 Å². The number of nitrogens with one attached hydrogen (secondary N) is 3. The highest BCUT2D eigenvalue weighted by Crippen LogP contribution is 2.25. The number of aromatic nitrogens is 3. The third-order valence-electron chi connectivity index (χ3n) is 4.12. The number of carbonyl (C=O) groups excluding carboxylic acids is 2. The summed E-state index contributed by atoms with van der Waals surface area (Å²) in [6.45, 7) is 3.87. The van der Waals surface area contributed by atoms with Gasteiger partial charge < -0.3 is 22.1 Å². The third kappa shape index (κ3) is 4.69. The van der Waals surface area contributed by atoms with Crippen LogP contribution in [0.15, 0.2) is 28.5 Å². The zero-order valence-electron chi connectivity index (χ0n) is 15.9. The average molecular weight is 415 g/mol. The van der Waals surface area contributed by atoms with Gasteiger partial charge in [-0.2, -0.15) is 4.98 Å². The first-order chi connectivity index (χ1) is 13.7. The van der Waals surface area contributed by atoms with Crippen molar-refractivity contribution in [2.75, 3.05) is 10.6 Å². The molecule has 3 rings (SSSR count). The van der Waals surface area contributed by atoms with Gasteiger partial charge in [0.1, 0.15) is 11.6 Å². The lowest BCUT2D eigenvalue weighted by Gasteiger charge is -2.18. The van der Waals surface area contributed by atoms with Gasteiger partial charge in [-0.05, 0) is 30.5 Å². The van der Waals surface area contributed by atoms with E-state index in [2.05, 4.69) is 25.6 Å². The van der Waals surface area contributed by atoms with E-state index in [1.807, 2.05) is 19.9 Å². The van der Waals surface area contributed by atoms with Crippen molar-refractivity contribution in [1.29, 1.82) is 0 Å². The summed E-state index contributed by atoms with van der Waals surface area (Å²) < 4.78 is 0.921. The van der Waals surface area contributed by atoms with Crippen LogP contribution >= 0.6 is 11.3 Å². The van der Waals surface area contributed by atoms with E-state index in [4.69, 9.17) is 11.5 Å². The van der Waals surface area contributed by atoms with Gasteiger partial charge in [0.25, 0.3) is 11.5 Å². The maximum absolute atomic E-state index is 12.4. The fourth-order valence-electron chi connectivity index (χ4n) is 2.81. The fraction of sp³-hybridized carbons (Fsp3) is 0.278. The van der Waals surface area contributed by atoms with Crippen LogP contribution in [0.1, 0.15) is 30.6 Å². The van der Waals surface area contributed by atoms with Crippen LogP contribution in [0.25, 0.3) is 10.2 Å². The van der Waals surface area contributed by atoms with E-state index in [1.165, 1.54) is 11.3 Å². The van der Waals surface area contributed by atoms with Crippen molar-refractivity contribution in [3.63, 3.8) is 0 Å². The van der Waals surface area contributed by atoms with Crippen LogP contribution in [-0.4, -0.2) is 32.8 Å². The predicted molar refractivity (Wildman–Crippen MR) is 112 cm³/mol. The van der Waals surface area contributed by atoms with Crippen molar-refractivity contribution in [3.8, 4) is 0 Å². The second-order valence-electron chi connectivity index (χ2n) is 6.89. The number of benzene rings is 1. The topological polar surface area (TPSA) is 169 Å². The van der Waals surface area contributed by atoms with E-state index in [-0.39, 0.29) is 23.2 Å². The van der Waals surface area contributed by atoms with Crippen LogP contribution in [0, 0.1) is 5.92 Å². The third-order valence-corrected chi connectivity index (χ3v) is 4.91. The molecular weight excluding hydrogens is 394 g/mol. The van der Waals surface area contributed by atoms with E-state index < -0.39 is 23.4 Å². The number of carbonyl (C=O) groups is 2.